The van der Waals surface area contributed by atoms with Crippen LogP contribution in [-0.2, 0) is 20.9 Å². The predicted molar refractivity (Wildman–Crippen MR) is 104 cm³/mol. The number of rotatable bonds is 7. The monoisotopic (exact) mass is 430 g/mol. The molecule has 0 fully saturated rings. The van der Waals surface area contributed by atoms with E-state index in [-0.39, 0.29) is 28.2 Å². The third kappa shape index (κ3) is 4.72. The number of amides is 1. The summed E-state index contributed by atoms with van der Waals surface area (Å²) in [5.41, 5.74) is -0.100. The van der Waals surface area contributed by atoms with Crippen LogP contribution >= 0.6 is 0 Å². The second-order valence-corrected chi connectivity index (χ2v) is 6.29. The largest absolute Gasteiger partial charge is 0.451 e. The first-order valence-electron chi connectivity index (χ1n) is 8.68. The van der Waals surface area contributed by atoms with Crippen LogP contribution in [0, 0.1) is 20.2 Å². The number of fused-ring (bicyclic) bond motifs is 1. The van der Waals surface area contributed by atoms with E-state index in [0.29, 0.717) is 0 Å². The lowest BCUT2D eigenvalue weighted by atomic mass is 10.2. The standard InChI is InChI=1S/C18H14N4O9/c1-10(17(24)19-11-2-4-12(5-3-11)21(26)27)30-16(23)9-20-14-7-6-13(22(28)29)8-15(14)31-18(20)25/h2-8,10H,9H2,1H3,(H,19,24). The van der Waals surface area contributed by atoms with E-state index in [1.807, 2.05) is 0 Å². The number of hydrogen-bond donors (Lipinski definition) is 1. The summed E-state index contributed by atoms with van der Waals surface area (Å²) in [6, 6.07) is 8.51. The number of non-ortho nitro benzene ring substituents is 2. The number of nitro groups is 2. The first kappa shape index (κ1) is 21.2. The van der Waals surface area contributed by atoms with Crippen LogP contribution in [0.4, 0.5) is 17.1 Å². The molecular weight excluding hydrogens is 416 g/mol. The number of oxazole rings is 1. The Morgan fingerprint density at radius 3 is 2.32 bits per heavy atom. The Balaban J connectivity index is 1.65. The minimum absolute atomic E-state index is 0.0732. The Labute approximate surface area is 172 Å². The number of nitro benzene ring substituents is 2. The van der Waals surface area contributed by atoms with Crippen LogP contribution in [0.3, 0.4) is 0 Å². The van der Waals surface area contributed by atoms with Gasteiger partial charge in [0, 0.05) is 23.9 Å². The lowest BCUT2D eigenvalue weighted by molar-refractivity contribution is -0.385. The van der Waals surface area contributed by atoms with E-state index < -0.39 is 40.1 Å². The quantitative estimate of drug-likeness (QED) is 0.333. The van der Waals surface area contributed by atoms with E-state index in [4.69, 9.17) is 9.15 Å². The number of carbonyl (C=O) groups is 2. The van der Waals surface area contributed by atoms with Gasteiger partial charge in [0.1, 0.15) is 6.54 Å². The van der Waals surface area contributed by atoms with Crippen LogP contribution in [0.5, 0.6) is 0 Å². The van der Waals surface area contributed by atoms with Crippen LogP contribution in [0.2, 0.25) is 0 Å². The summed E-state index contributed by atoms with van der Waals surface area (Å²) in [5, 5.41) is 23.9. The molecule has 0 aliphatic heterocycles. The SMILES string of the molecule is CC(OC(=O)Cn1c(=O)oc2cc([N+](=O)[O-])ccc21)C(=O)Nc1ccc([N+](=O)[O-])cc1. The number of carbonyl (C=O) groups excluding carboxylic acids is 2. The molecule has 31 heavy (non-hydrogen) atoms. The molecule has 1 amide bonds. The molecule has 3 rings (SSSR count). The maximum Gasteiger partial charge on any atom is 0.420 e. The Bertz CT molecular complexity index is 1240. The molecule has 0 radical (unpaired) electrons. The number of hydrogen-bond acceptors (Lipinski definition) is 9. The average Bonchev–Trinajstić information content (AvgIpc) is 3.02. The highest BCUT2D eigenvalue weighted by molar-refractivity contribution is 5.95. The molecular formula is C18H14N4O9. The second-order valence-electron chi connectivity index (χ2n) is 6.29. The van der Waals surface area contributed by atoms with Gasteiger partial charge in [-0.1, -0.05) is 0 Å². The predicted octanol–water partition coefficient (Wildman–Crippen LogP) is 1.98. The molecule has 0 aliphatic rings. The molecule has 1 aromatic heterocycles. The van der Waals surface area contributed by atoms with E-state index >= 15 is 0 Å². The zero-order valence-corrected chi connectivity index (χ0v) is 15.8. The van der Waals surface area contributed by atoms with Crippen molar-refractivity contribution in [2.45, 2.75) is 19.6 Å². The minimum atomic E-state index is -1.24. The molecule has 1 atom stereocenters. The Kier molecular flexibility index (Phi) is 5.76. The summed E-state index contributed by atoms with van der Waals surface area (Å²) < 4.78 is 10.9. The van der Waals surface area contributed by atoms with Crippen molar-refractivity contribution in [2.24, 2.45) is 0 Å². The van der Waals surface area contributed by atoms with E-state index in [2.05, 4.69) is 5.32 Å². The van der Waals surface area contributed by atoms with Crippen molar-refractivity contribution in [2.75, 3.05) is 5.32 Å². The Morgan fingerprint density at radius 1 is 1.10 bits per heavy atom. The van der Waals surface area contributed by atoms with Crippen molar-refractivity contribution in [3.05, 3.63) is 73.2 Å². The summed E-state index contributed by atoms with van der Waals surface area (Å²) in [5.74, 6) is -2.54. The summed E-state index contributed by atoms with van der Waals surface area (Å²) >= 11 is 0. The highest BCUT2D eigenvalue weighted by atomic mass is 16.6. The fourth-order valence-electron chi connectivity index (χ4n) is 2.65. The minimum Gasteiger partial charge on any atom is -0.451 e. The van der Waals surface area contributed by atoms with Gasteiger partial charge in [0.25, 0.3) is 17.3 Å². The van der Waals surface area contributed by atoms with Crippen molar-refractivity contribution < 1.29 is 28.6 Å². The van der Waals surface area contributed by atoms with Crippen LogP contribution in [0.25, 0.3) is 11.1 Å². The van der Waals surface area contributed by atoms with Gasteiger partial charge in [0.15, 0.2) is 11.7 Å². The van der Waals surface area contributed by atoms with Crippen molar-refractivity contribution in [3.63, 3.8) is 0 Å². The number of anilines is 1. The third-order valence-corrected chi connectivity index (χ3v) is 4.17. The lowest BCUT2D eigenvalue weighted by Crippen LogP contribution is -2.32. The summed E-state index contributed by atoms with van der Waals surface area (Å²) in [7, 11) is 0. The number of esters is 1. The van der Waals surface area contributed by atoms with E-state index in [9.17, 15) is 34.6 Å². The summed E-state index contributed by atoms with van der Waals surface area (Å²) in [6.07, 6.45) is -1.24. The van der Waals surface area contributed by atoms with E-state index in [0.717, 1.165) is 16.7 Å². The molecule has 0 saturated heterocycles. The van der Waals surface area contributed by atoms with Crippen LogP contribution in [0.1, 0.15) is 6.92 Å². The molecule has 1 N–H and O–H groups in total. The molecule has 1 unspecified atom stereocenters. The maximum absolute atomic E-state index is 12.2. The fourth-order valence-corrected chi connectivity index (χ4v) is 2.65. The second kappa shape index (κ2) is 8.44. The molecule has 0 bridgehead atoms. The third-order valence-electron chi connectivity index (χ3n) is 4.17. The zero-order chi connectivity index (χ0) is 22.7. The number of aromatic nitrogens is 1. The number of benzene rings is 2. The van der Waals surface area contributed by atoms with Gasteiger partial charge in [-0.25, -0.2) is 4.79 Å². The topological polar surface area (TPSA) is 177 Å². The van der Waals surface area contributed by atoms with Crippen LogP contribution in [-0.4, -0.2) is 32.4 Å². The lowest BCUT2D eigenvalue weighted by Gasteiger charge is -2.13. The highest BCUT2D eigenvalue weighted by Gasteiger charge is 2.21. The van der Waals surface area contributed by atoms with Crippen molar-refractivity contribution in [1.82, 2.24) is 4.57 Å². The first-order valence-corrected chi connectivity index (χ1v) is 8.68. The van der Waals surface area contributed by atoms with Crippen molar-refractivity contribution in [1.29, 1.82) is 0 Å². The zero-order valence-electron chi connectivity index (χ0n) is 15.8. The molecule has 1 heterocycles. The van der Waals surface area contributed by atoms with Gasteiger partial charge in [-0.05, 0) is 25.1 Å². The van der Waals surface area contributed by atoms with Crippen molar-refractivity contribution in [3.8, 4) is 0 Å². The Hall–Kier alpha value is -4.55. The number of nitrogens with one attached hydrogen (secondary N) is 1. The van der Waals surface area contributed by atoms with E-state index in [1.54, 1.807) is 0 Å². The highest BCUT2D eigenvalue weighted by Crippen LogP contribution is 2.20. The molecule has 3 aromatic rings. The maximum atomic E-state index is 12.2. The molecule has 0 spiro atoms. The molecule has 0 saturated carbocycles. The molecule has 13 heteroatoms. The molecule has 0 aliphatic carbocycles. The van der Waals surface area contributed by atoms with Gasteiger partial charge in [-0.15, -0.1) is 0 Å². The first-order chi connectivity index (χ1) is 14.7. The molecule has 13 nitrogen and oxygen atoms in total. The van der Waals surface area contributed by atoms with Gasteiger partial charge >= 0.3 is 11.7 Å². The van der Waals surface area contributed by atoms with Gasteiger partial charge in [-0.3, -0.25) is 34.4 Å². The summed E-state index contributed by atoms with van der Waals surface area (Å²) in [6.45, 7) is 0.719. The number of ether oxygens (including phenoxy) is 1. The van der Waals surface area contributed by atoms with Crippen LogP contribution < -0.4 is 11.1 Å². The van der Waals surface area contributed by atoms with Gasteiger partial charge in [-0.2, -0.15) is 0 Å². The van der Waals surface area contributed by atoms with Gasteiger partial charge < -0.3 is 14.5 Å². The average molecular weight is 430 g/mol. The smallest absolute Gasteiger partial charge is 0.420 e. The van der Waals surface area contributed by atoms with Gasteiger partial charge in [0.05, 0.1) is 21.4 Å². The number of nitrogens with zero attached hydrogens (tertiary/aromatic N) is 3. The van der Waals surface area contributed by atoms with Crippen molar-refractivity contribution >= 4 is 40.0 Å². The van der Waals surface area contributed by atoms with Gasteiger partial charge in [0.2, 0.25) is 0 Å². The molecule has 160 valence electrons. The van der Waals surface area contributed by atoms with E-state index in [1.165, 1.54) is 37.3 Å². The van der Waals surface area contributed by atoms with Crippen LogP contribution in [0.15, 0.2) is 51.7 Å². The Morgan fingerprint density at radius 2 is 1.71 bits per heavy atom. The fraction of sp³-hybridized carbons (Fsp3) is 0.167. The molecule has 2 aromatic carbocycles. The normalized spacial score (nSPS) is 11.6. The summed E-state index contributed by atoms with van der Waals surface area (Å²) in [4.78, 5) is 56.6.